The molecule has 4 nitrogen and oxygen atoms in total. The fourth-order valence-electron chi connectivity index (χ4n) is 1.87. The second kappa shape index (κ2) is 6.25. The normalized spacial score (nSPS) is 18.9. The number of amides is 1. The van der Waals surface area contributed by atoms with Crippen LogP contribution < -0.4 is 10.6 Å². The van der Waals surface area contributed by atoms with E-state index in [0.717, 1.165) is 25.1 Å². The van der Waals surface area contributed by atoms with Gasteiger partial charge >= 0.3 is 6.09 Å². The Balaban J connectivity index is 1.64. The highest BCUT2D eigenvalue weighted by Crippen LogP contribution is 2.07. The van der Waals surface area contributed by atoms with Gasteiger partial charge in [0.05, 0.1) is 6.61 Å². The van der Waals surface area contributed by atoms with Crippen LogP contribution >= 0.6 is 0 Å². The van der Waals surface area contributed by atoms with Gasteiger partial charge in [0.25, 0.3) is 0 Å². The summed E-state index contributed by atoms with van der Waals surface area (Å²) in [5.74, 6) is 0.470. The summed E-state index contributed by atoms with van der Waals surface area (Å²) in [6.45, 7) is 3.00. The number of carbonyl (C=O) groups excluding carboxylic acids is 1. The van der Waals surface area contributed by atoms with Crippen LogP contribution in [0.5, 0.6) is 0 Å². The number of alkyl carbamates (subject to hydrolysis) is 1. The molecule has 17 heavy (non-hydrogen) atoms. The number of hydrogen-bond donors (Lipinski definition) is 2. The minimum Gasteiger partial charge on any atom is -0.449 e. The standard InChI is InChI=1S/C13H18N2O2/c16-13(17-10-12-6-7-14-8-12)15-9-11-4-2-1-3-5-11/h1-5,12,14H,6-10H2,(H,15,16)/t12-/m1/s1. The van der Waals surface area contributed by atoms with E-state index in [1.807, 2.05) is 30.3 Å². The Hall–Kier alpha value is -1.55. The average molecular weight is 234 g/mol. The van der Waals surface area contributed by atoms with Gasteiger partial charge in [0.1, 0.15) is 0 Å². The van der Waals surface area contributed by atoms with E-state index < -0.39 is 0 Å². The maximum absolute atomic E-state index is 11.4. The molecule has 2 N–H and O–H groups in total. The monoisotopic (exact) mass is 234 g/mol. The Morgan fingerprint density at radius 3 is 2.94 bits per heavy atom. The van der Waals surface area contributed by atoms with Gasteiger partial charge in [-0.3, -0.25) is 0 Å². The predicted octanol–water partition coefficient (Wildman–Crippen LogP) is 1.52. The zero-order valence-corrected chi connectivity index (χ0v) is 9.82. The van der Waals surface area contributed by atoms with Crippen molar-refractivity contribution in [3.05, 3.63) is 35.9 Å². The van der Waals surface area contributed by atoms with Gasteiger partial charge in [-0.25, -0.2) is 4.79 Å². The van der Waals surface area contributed by atoms with Gasteiger partial charge in [-0.1, -0.05) is 30.3 Å². The third kappa shape index (κ3) is 4.07. The molecule has 1 aliphatic heterocycles. The summed E-state index contributed by atoms with van der Waals surface area (Å²) in [5, 5.41) is 5.98. The SMILES string of the molecule is O=C(NCc1ccccc1)OC[C@@H]1CCNC1. The van der Waals surface area contributed by atoms with E-state index in [0.29, 0.717) is 19.1 Å². The van der Waals surface area contributed by atoms with E-state index in [4.69, 9.17) is 4.74 Å². The van der Waals surface area contributed by atoms with Crippen molar-refractivity contribution >= 4 is 6.09 Å². The second-order valence-electron chi connectivity index (χ2n) is 4.30. The summed E-state index contributed by atoms with van der Waals surface area (Å²) in [6, 6.07) is 9.80. The maximum atomic E-state index is 11.4. The molecule has 1 heterocycles. The van der Waals surface area contributed by atoms with Crippen molar-refractivity contribution in [1.82, 2.24) is 10.6 Å². The van der Waals surface area contributed by atoms with Gasteiger partial charge in [-0.15, -0.1) is 0 Å². The molecule has 1 saturated heterocycles. The van der Waals surface area contributed by atoms with Crippen LogP contribution in [0, 0.1) is 5.92 Å². The predicted molar refractivity (Wildman–Crippen MR) is 65.6 cm³/mol. The molecule has 1 fully saturated rings. The number of hydrogen-bond acceptors (Lipinski definition) is 3. The third-order valence-corrected chi connectivity index (χ3v) is 2.89. The zero-order chi connectivity index (χ0) is 11.9. The lowest BCUT2D eigenvalue weighted by Crippen LogP contribution is -2.26. The topological polar surface area (TPSA) is 50.4 Å². The summed E-state index contributed by atoms with van der Waals surface area (Å²) < 4.78 is 5.16. The lowest BCUT2D eigenvalue weighted by Gasteiger charge is -2.10. The Labute approximate surface area is 101 Å². The summed E-state index contributed by atoms with van der Waals surface area (Å²) in [6.07, 6.45) is 0.757. The van der Waals surface area contributed by atoms with Crippen LogP contribution in [0.3, 0.4) is 0 Å². The van der Waals surface area contributed by atoms with Crippen LogP contribution in [0.1, 0.15) is 12.0 Å². The Bertz CT molecular complexity index is 348. The molecule has 0 unspecified atom stereocenters. The van der Waals surface area contributed by atoms with E-state index in [-0.39, 0.29) is 6.09 Å². The van der Waals surface area contributed by atoms with Crippen LogP contribution in [0.4, 0.5) is 4.79 Å². The molecule has 4 heteroatoms. The van der Waals surface area contributed by atoms with Gasteiger partial charge in [-0.05, 0) is 18.5 Å². The number of ether oxygens (including phenoxy) is 1. The second-order valence-corrected chi connectivity index (χ2v) is 4.30. The lowest BCUT2D eigenvalue weighted by molar-refractivity contribution is 0.129. The Morgan fingerprint density at radius 2 is 2.24 bits per heavy atom. The number of rotatable bonds is 4. The van der Waals surface area contributed by atoms with Crippen LogP contribution in [-0.2, 0) is 11.3 Å². The van der Waals surface area contributed by atoms with E-state index in [1.54, 1.807) is 0 Å². The first-order valence-electron chi connectivity index (χ1n) is 6.00. The van der Waals surface area contributed by atoms with Crippen molar-refractivity contribution < 1.29 is 9.53 Å². The van der Waals surface area contributed by atoms with Gasteiger partial charge in [0, 0.05) is 19.0 Å². The van der Waals surface area contributed by atoms with Gasteiger partial charge < -0.3 is 15.4 Å². The molecular formula is C13H18N2O2. The molecule has 0 bridgehead atoms. The minimum atomic E-state index is -0.333. The smallest absolute Gasteiger partial charge is 0.407 e. The van der Waals surface area contributed by atoms with E-state index in [9.17, 15) is 4.79 Å². The first kappa shape index (κ1) is 11.9. The molecule has 0 spiro atoms. The van der Waals surface area contributed by atoms with Crippen molar-refractivity contribution in [2.24, 2.45) is 5.92 Å². The fourth-order valence-corrected chi connectivity index (χ4v) is 1.87. The molecule has 1 aliphatic rings. The number of nitrogens with one attached hydrogen (secondary N) is 2. The largest absolute Gasteiger partial charge is 0.449 e. The van der Waals surface area contributed by atoms with Gasteiger partial charge in [0.15, 0.2) is 0 Å². The first-order valence-corrected chi connectivity index (χ1v) is 6.00. The minimum absolute atomic E-state index is 0.333. The van der Waals surface area contributed by atoms with E-state index >= 15 is 0 Å². The molecule has 1 aromatic rings. The Kier molecular flexibility index (Phi) is 4.38. The quantitative estimate of drug-likeness (QED) is 0.830. The summed E-state index contributed by atoms with van der Waals surface area (Å²) in [5.41, 5.74) is 1.08. The Morgan fingerprint density at radius 1 is 1.41 bits per heavy atom. The zero-order valence-electron chi connectivity index (χ0n) is 9.82. The van der Waals surface area contributed by atoms with Gasteiger partial charge in [-0.2, -0.15) is 0 Å². The van der Waals surface area contributed by atoms with Crippen molar-refractivity contribution in [2.45, 2.75) is 13.0 Å². The highest BCUT2D eigenvalue weighted by atomic mass is 16.5. The average Bonchev–Trinajstić information content (AvgIpc) is 2.88. The van der Waals surface area contributed by atoms with Crippen molar-refractivity contribution in [3.8, 4) is 0 Å². The van der Waals surface area contributed by atoms with E-state index in [2.05, 4.69) is 10.6 Å². The van der Waals surface area contributed by atoms with Crippen LogP contribution in [0.25, 0.3) is 0 Å². The highest BCUT2D eigenvalue weighted by molar-refractivity contribution is 5.67. The highest BCUT2D eigenvalue weighted by Gasteiger charge is 2.16. The molecule has 0 saturated carbocycles. The molecule has 92 valence electrons. The molecule has 1 atom stereocenters. The molecule has 0 aliphatic carbocycles. The molecule has 2 rings (SSSR count). The van der Waals surface area contributed by atoms with Crippen LogP contribution in [-0.4, -0.2) is 25.8 Å². The first-order chi connectivity index (χ1) is 8.34. The van der Waals surface area contributed by atoms with Gasteiger partial charge in [0.2, 0.25) is 0 Å². The summed E-state index contributed by atoms with van der Waals surface area (Å²) in [7, 11) is 0. The molecule has 0 aromatic heterocycles. The maximum Gasteiger partial charge on any atom is 0.407 e. The molecule has 1 aromatic carbocycles. The summed E-state index contributed by atoms with van der Waals surface area (Å²) in [4.78, 5) is 11.4. The van der Waals surface area contributed by atoms with Crippen LogP contribution in [0.2, 0.25) is 0 Å². The molecular weight excluding hydrogens is 216 g/mol. The number of benzene rings is 1. The van der Waals surface area contributed by atoms with Crippen molar-refractivity contribution in [1.29, 1.82) is 0 Å². The van der Waals surface area contributed by atoms with Crippen molar-refractivity contribution in [2.75, 3.05) is 19.7 Å². The van der Waals surface area contributed by atoms with E-state index in [1.165, 1.54) is 0 Å². The third-order valence-electron chi connectivity index (χ3n) is 2.89. The molecule has 0 radical (unpaired) electrons. The lowest BCUT2D eigenvalue weighted by atomic mass is 10.1. The molecule has 1 amide bonds. The van der Waals surface area contributed by atoms with Crippen LogP contribution in [0.15, 0.2) is 30.3 Å². The number of carbonyl (C=O) groups is 1. The summed E-state index contributed by atoms with van der Waals surface area (Å²) >= 11 is 0. The van der Waals surface area contributed by atoms with Crippen molar-refractivity contribution in [3.63, 3.8) is 0 Å². The fraction of sp³-hybridized carbons (Fsp3) is 0.462.